The molecule has 19 heavy (non-hydrogen) atoms. The number of ether oxygens (including phenoxy) is 1. The van der Waals surface area contributed by atoms with Crippen molar-refractivity contribution in [3.8, 4) is 0 Å². The van der Waals surface area contributed by atoms with E-state index < -0.39 is 18.4 Å². The number of H-pyrrole nitrogens is 1. The number of nitrogens with zero attached hydrogens (tertiary/aromatic N) is 3. The lowest BCUT2D eigenvalue weighted by atomic mass is 10.3. The van der Waals surface area contributed by atoms with Crippen LogP contribution in [0, 0.1) is 0 Å². The van der Waals surface area contributed by atoms with Crippen LogP contribution in [0.2, 0.25) is 0 Å². The molecule has 0 saturated heterocycles. The van der Waals surface area contributed by atoms with Crippen LogP contribution in [0.25, 0.3) is 0 Å². The quantitative estimate of drug-likeness (QED) is 0.684. The normalized spacial score (nSPS) is 10.4. The summed E-state index contributed by atoms with van der Waals surface area (Å²) in [6, 6.07) is 0. The highest BCUT2D eigenvalue weighted by molar-refractivity contribution is 5.92. The zero-order valence-electron chi connectivity index (χ0n) is 11.0. The molecule has 1 rings (SSSR count). The molecular weight excluding hydrogens is 252 g/mol. The van der Waals surface area contributed by atoms with Gasteiger partial charge in [0.05, 0.1) is 6.61 Å². The number of aliphatic carboxylic acids is 1. The number of carbonyl (C=O) groups is 2. The summed E-state index contributed by atoms with van der Waals surface area (Å²) in [6.07, 6.45) is 1.57. The van der Waals surface area contributed by atoms with E-state index in [1.165, 1.54) is 7.11 Å². The van der Waals surface area contributed by atoms with Crippen LogP contribution in [0.1, 0.15) is 29.8 Å². The smallest absolute Gasteiger partial charge is 0.323 e. The number of carbonyl (C=O) groups excluding carboxylic acids is 1. The molecule has 0 saturated carbocycles. The monoisotopic (exact) mass is 270 g/mol. The van der Waals surface area contributed by atoms with Crippen LogP contribution in [0.15, 0.2) is 0 Å². The first kappa shape index (κ1) is 15.1. The molecule has 0 fully saturated rings. The van der Waals surface area contributed by atoms with Crippen molar-refractivity contribution in [2.75, 3.05) is 26.8 Å². The Morgan fingerprint density at radius 1 is 1.47 bits per heavy atom. The first-order valence-electron chi connectivity index (χ1n) is 5.99. The molecule has 0 bridgehead atoms. The maximum absolute atomic E-state index is 12.1. The molecule has 0 atom stereocenters. The average Bonchev–Trinajstić information content (AvgIpc) is 2.82. The minimum absolute atomic E-state index is 0.0131. The van der Waals surface area contributed by atoms with Crippen LogP contribution < -0.4 is 0 Å². The van der Waals surface area contributed by atoms with Crippen LogP contribution in [0.3, 0.4) is 0 Å². The summed E-state index contributed by atoms with van der Waals surface area (Å²) in [7, 11) is 1.48. The van der Waals surface area contributed by atoms with Crippen LogP contribution in [-0.4, -0.2) is 63.9 Å². The second-order valence-corrected chi connectivity index (χ2v) is 3.97. The first-order valence-corrected chi connectivity index (χ1v) is 5.99. The third-order valence-electron chi connectivity index (χ3n) is 2.39. The summed E-state index contributed by atoms with van der Waals surface area (Å²) in [5.74, 6) is -1.000. The number of methoxy groups -OCH3 is 1. The standard InChI is InChI=1S/C11H18N4O4/c1-3-4-8-12-10(14-13-8)11(18)15(5-6-19-2)7-9(16)17/h3-7H2,1-2H3,(H,16,17)(H,12,13,14). The van der Waals surface area contributed by atoms with Gasteiger partial charge in [-0.25, -0.2) is 4.98 Å². The number of hydrogen-bond donors (Lipinski definition) is 2. The van der Waals surface area contributed by atoms with Gasteiger partial charge in [-0.05, 0) is 6.42 Å². The Bertz CT molecular complexity index is 432. The van der Waals surface area contributed by atoms with E-state index in [0.29, 0.717) is 12.2 Å². The van der Waals surface area contributed by atoms with Crippen molar-refractivity contribution in [1.82, 2.24) is 20.1 Å². The third kappa shape index (κ3) is 4.66. The summed E-state index contributed by atoms with van der Waals surface area (Å²) in [4.78, 5) is 28.0. The SMILES string of the molecule is CCCc1nc(C(=O)N(CCOC)CC(=O)O)n[nH]1. The van der Waals surface area contributed by atoms with Crippen molar-refractivity contribution < 1.29 is 19.4 Å². The molecule has 2 N–H and O–H groups in total. The van der Waals surface area contributed by atoms with Crippen molar-refractivity contribution in [2.24, 2.45) is 0 Å². The van der Waals surface area contributed by atoms with Crippen molar-refractivity contribution in [3.05, 3.63) is 11.6 Å². The van der Waals surface area contributed by atoms with E-state index in [1.807, 2.05) is 6.92 Å². The van der Waals surface area contributed by atoms with Gasteiger partial charge < -0.3 is 14.7 Å². The van der Waals surface area contributed by atoms with Crippen LogP contribution in [-0.2, 0) is 16.0 Å². The molecule has 0 aliphatic heterocycles. The summed E-state index contributed by atoms with van der Waals surface area (Å²) < 4.78 is 4.85. The highest BCUT2D eigenvalue weighted by Gasteiger charge is 2.22. The molecule has 8 nitrogen and oxygen atoms in total. The maximum atomic E-state index is 12.1. The number of nitrogens with one attached hydrogen (secondary N) is 1. The summed E-state index contributed by atoms with van der Waals surface area (Å²) in [5, 5.41) is 15.3. The van der Waals surface area contributed by atoms with Gasteiger partial charge in [-0.2, -0.15) is 0 Å². The first-order chi connectivity index (χ1) is 9.08. The van der Waals surface area contributed by atoms with E-state index in [2.05, 4.69) is 15.2 Å². The number of aromatic amines is 1. The predicted molar refractivity (Wildman–Crippen MR) is 65.8 cm³/mol. The Labute approximate surface area is 110 Å². The molecule has 0 unspecified atom stereocenters. The average molecular weight is 270 g/mol. The molecule has 0 radical (unpaired) electrons. The molecule has 0 aliphatic carbocycles. The molecule has 106 valence electrons. The number of carboxylic acids is 1. The van der Waals surface area contributed by atoms with Crippen molar-refractivity contribution in [3.63, 3.8) is 0 Å². The lowest BCUT2D eigenvalue weighted by molar-refractivity contribution is -0.137. The van der Waals surface area contributed by atoms with E-state index in [4.69, 9.17) is 9.84 Å². The fourth-order valence-electron chi connectivity index (χ4n) is 1.50. The number of hydrogen-bond acceptors (Lipinski definition) is 5. The summed E-state index contributed by atoms with van der Waals surface area (Å²) >= 11 is 0. The van der Waals surface area contributed by atoms with E-state index in [-0.39, 0.29) is 19.0 Å². The highest BCUT2D eigenvalue weighted by Crippen LogP contribution is 2.02. The topological polar surface area (TPSA) is 108 Å². The molecule has 1 heterocycles. The zero-order valence-corrected chi connectivity index (χ0v) is 11.0. The Kier molecular flexibility index (Phi) is 5.94. The minimum atomic E-state index is -1.09. The van der Waals surface area contributed by atoms with E-state index in [0.717, 1.165) is 11.3 Å². The maximum Gasteiger partial charge on any atom is 0.323 e. The number of amides is 1. The second-order valence-electron chi connectivity index (χ2n) is 3.97. The molecule has 8 heteroatoms. The van der Waals surface area contributed by atoms with Gasteiger partial charge in [0.1, 0.15) is 12.4 Å². The number of aryl methyl sites for hydroxylation is 1. The molecule has 0 aromatic carbocycles. The number of carboxylic acid groups (broad SMARTS) is 1. The van der Waals surface area contributed by atoms with E-state index in [9.17, 15) is 9.59 Å². The minimum Gasteiger partial charge on any atom is -0.480 e. The van der Waals surface area contributed by atoms with Gasteiger partial charge in [-0.15, -0.1) is 5.10 Å². The fraction of sp³-hybridized carbons (Fsp3) is 0.636. The predicted octanol–water partition coefficient (Wildman–Crippen LogP) is -0.0696. The van der Waals surface area contributed by atoms with E-state index >= 15 is 0 Å². The van der Waals surface area contributed by atoms with Gasteiger partial charge >= 0.3 is 5.97 Å². The van der Waals surface area contributed by atoms with Gasteiger partial charge in [-0.1, -0.05) is 6.92 Å². The van der Waals surface area contributed by atoms with Crippen LogP contribution in [0.4, 0.5) is 0 Å². The second kappa shape index (κ2) is 7.47. The third-order valence-corrected chi connectivity index (χ3v) is 2.39. The molecule has 1 amide bonds. The van der Waals surface area contributed by atoms with Crippen LogP contribution >= 0.6 is 0 Å². The molecule has 0 spiro atoms. The van der Waals surface area contributed by atoms with E-state index in [1.54, 1.807) is 0 Å². The lowest BCUT2D eigenvalue weighted by Gasteiger charge is -2.18. The fourth-order valence-corrected chi connectivity index (χ4v) is 1.50. The zero-order chi connectivity index (χ0) is 14.3. The summed E-state index contributed by atoms with van der Waals surface area (Å²) in [5.41, 5.74) is 0. The Balaban J connectivity index is 2.75. The van der Waals surface area contributed by atoms with Crippen molar-refractivity contribution in [1.29, 1.82) is 0 Å². The van der Waals surface area contributed by atoms with Gasteiger partial charge in [0, 0.05) is 20.1 Å². The molecule has 1 aromatic rings. The summed E-state index contributed by atoms with van der Waals surface area (Å²) in [6.45, 7) is 2.02. The number of aromatic nitrogens is 3. The Hall–Kier alpha value is -1.96. The van der Waals surface area contributed by atoms with Crippen LogP contribution in [0.5, 0.6) is 0 Å². The lowest BCUT2D eigenvalue weighted by Crippen LogP contribution is -2.38. The number of rotatable bonds is 8. The molecular formula is C11H18N4O4. The largest absolute Gasteiger partial charge is 0.480 e. The van der Waals surface area contributed by atoms with Gasteiger partial charge in [0.25, 0.3) is 5.91 Å². The molecule has 1 aromatic heterocycles. The van der Waals surface area contributed by atoms with Crippen molar-refractivity contribution in [2.45, 2.75) is 19.8 Å². The van der Waals surface area contributed by atoms with Gasteiger partial charge in [0.2, 0.25) is 5.82 Å². The van der Waals surface area contributed by atoms with Crippen molar-refractivity contribution >= 4 is 11.9 Å². The van der Waals surface area contributed by atoms with Gasteiger partial charge in [-0.3, -0.25) is 14.7 Å². The Morgan fingerprint density at radius 2 is 2.21 bits per heavy atom. The Morgan fingerprint density at radius 3 is 2.79 bits per heavy atom. The van der Waals surface area contributed by atoms with Gasteiger partial charge in [0.15, 0.2) is 0 Å². The molecule has 0 aliphatic rings. The highest BCUT2D eigenvalue weighted by atomic mass is 16.5.